The summed E-state index contributed by atoms with van der Waals surface area (Å²) in [5.74, 6) is 0. The van der Waals surface area contributed by atoms with Crippen LogP contribution in [0.4, 0.5) is 5.69 Å². The highest BCUT2D eigenvalue weighted by Crippen LogP contribution is 2.26. The Morgan fingerprint density at radius 1 is 0.720 bits per heavy atom. The molecular formula is C22H15N3. The van der Waals surface area contributed by atoms with Gasteiger partial charge >= 0.3 is 0 Å². The molecule has 25 heavy (non-hydrogen) atoms. The minimum Gasteiger partial charge on any atom is -0.293 e. The summed E-state index contributed by atoms with van der Waals surface area (Å²) in [6.45, 7) is 0. The maximum absolute atomic E-state index is 9.81. The summed E-state index contributed by atoms with van der Waals surface area (Å²) in [7, 11) is 0. The third-order valence-corrected chi connectivity index (χ3v) is 4.08. The molecule has 0 N–H and O–H groups in total. The average molecular weight is 321 g/mol. The third kappa shape index (κ3) is 2.71. The van der Waals surface area contributed by atoms with Crippen LogP contribution in [0.25, 0.3) is 16.9 Å². The van der Waals surface area contributed by atoms with Crippen molar-refractivity contribution < 1.29 is 0 Å². The molecule has 0 saturated heterocycles. The summed E-state index contributed by atoms with van der Waals surface area (Å²) in [6.07, 6.45) is 0. The van der Waals surface area contributed by atoms with Gasteiger partial charge in [0.05, 0.1) is 11.4 Å². The molecule has 0 unspecified atom stereocenters. The van der Waals surface area contributed by atoms with E-state index in [4.69, 9.17) is 4.99 Å². The average Bonchev–Trinajstić information content (AvgIpc) is 2.80. The van der Waals surface area contributed by atoms with E-state index < -0.39 is 0 Å². The molecule has 0 bridgehead atoms. The Hall–Kier alpha value is -3.64. The van der Waals surface area contributed by atoms with E-state index in [2.05, 4.69) is 6.07 Å². The highest BCUT2D eigenvalue weighted by Gasteiger charge is 2.19. The van der Waals surface area contributed by atoms with Crippen LogP contribution in [0.3, 0.4) is 0 Å². The molecule has 0 radical (unpaired) electrons. The summed E-state index contributed by atoms with van der Waals surface area (Å²) in [6, 6.07) is 32.0. The van der Waals surface area contributed by atoms with Crippen LogP contribution in [0.15, 0.2) is 96.0 Å². The third-order valence-electron chi connectivity index (χ3n) is 4.08. The first-order valence-electron chi connectivity index (χ1n) is 8.07. The van der Waals surface area contributed by atoms with E-state index in [0.717, 1.165) is 22.6 Å². The highest BCUT2D eigenvalue weighted by atomic mass is 15.0. The van der Waals surface area contributed by atoms with Gasteiger partial charge in [0, 0.05) is 11.3 Å². The van der Waals surface area contributed by atoms with Crippen molar-refractivity contribution in [2.45, 2.75) is 0 Å². The monoisotopic (exact) mass is 321 g/mol. The first-order valence-corrected chi connectivity index (χ1v) is 8.07. The first kappa shape index (κ1) is 14.9. The van der Waals surface area contributed by atoms with Crippen LogP contribution in [-0.2, 0) is 0 Å². The van der Waals surface area contributed by atoms with Gasteiger partial charge in [0.15, 0.2) is 5.49 Å². The van der Waals surface area contributed by atoms with Crippen molar-refractivity contribution in [2.75, 3.05) is 0 Å². The van der Waals surface area contributed by atoms with Crippen LogP contribution in [0, 0.1) is 11.3 Å². The summed E-state index contributed by atoms with van der Waals surface area (Å²) in [4.78, 5) is 4.79. The summed E-state index contributed by atoms with van der Waals surface area (Å²) < 4.78 is 2.04. The van der Waals surface area contributed by atoms with Gasteiger partial charge in [0.25, 0.3) is 0 Å². The second kappa shape index (κ2) is 6.46. The predicted octanol–water partition coefficient (Wildman–Crippen LogP) is 4.69. The molecule has 2 aromatic carbocycles. The van der Waals surface area contributed by atoms with Crippen LogP contribution in [-0.4, -0.2) is 4.57 Å². The predicted molar refractivity (Wildman–Crippen MR) is 98.8 cm³/mol. The van der Waals surface area contributed by atoms with Crippen LogP contribution >= 0.6 is 0 Å². The Labute approximate surface area is 146 Å². The lowest BCUT2D eigenvalue weighted by Crippen LogP contribution is -2.16. The van der Waals surface area contributed by atoms with Gasteiger partial charge in [-0.25, -0.2) is 4.99 Å². The minimum atomic E-state index is 0.582. The summed E-state index contributed by atoms with van der Waals surface area (Å²) in [5, 5.41) is 9.81. The molecule has 0 spiro atoms. The van der Waals surface area contributed by atoms with E-state index in [9.17, 15) is 5.26 Å². The number of benzene rings is 2. The minimum absolute atomic E-state index is 0.582. The van der Waals surface area contributed by atoms with Crippen molar-refractivity contribution in [1.82, 2.24) is 4.57 Å². The topological polar surface area (TPSA) is 41.1 Å². The molecule has 2 aromatic rings. The molecule has 3 nitrogen and oxygen atoms in total. The zero-order valence-corrected chi connectivity index (χ0v) is 13.5. The molecule has 3 heteroatoms. The van der Waals surface area contributed by atoms with Gasteiger partial charge in [-0.3, -0.25) is 4.57 Å². The maximum atomic E-state index is 9.81. The lowest BCUT2D eigenvalue weighted by atomic mass is 10.1. The molecule has 0 atom stereocenters. The van der Waals surface area contributed by atoms with Crippen LogP contribution in [0.1, 0.15) is 5.56 Å². The summed E-state index contributed by atoms with van der Waals surface area (Å²) >= 11 is 0. The van der Waals surface area contributed by atoms with E-state index >= 15 is 0 Å². The molecule has 2 aliphatic rings. The number of para-hydroxylation sites is 2. The molecule has 0 aromatic heterocycles. The van der Waals surface area contributed by atoms with Crippen LogP contribution in [0.2, 0.25) is 0 Å². The maximum Gasteiger partial charge on any atom is 0.156 e. The standard InChI is InChI=1S/C22H15N3/c23-16-20-19-14-8-3-9-15-21(19)25(18-12-6-2-7-13-18)22(20)24-17-10-4-1-5-11-17/h1-15H. The normalized spacial score (nSPS) is 11.4. The Kier molecular flexibility index (Phi) is 3.86. The van der Waals surface area contributed by atoms with Crippen molar-refractivity contribution in [3.8, 4) is 23.0 Å². The molecule has 1 aliphatic heterocycles. The largest absolute Gasteiger partial charge is 0.293 e. The van der Waals surface area contributed by atoms with Gasteiger partial charge in [-0.1, -0.05) is 60.7 Å². The molecular weight excluding hydrogens is 306 g/mol. The zero-order valence-electron chi connectivity index (χ0n) is 13.5. The van der Waals surface area contributed by atoms with Crippen molar-refractivity contribution in [3.05, 3.63) is 102 Å². The van der Waals surface area contributed by atoms with E-state index in [1.807, 2.05) is 95.6 Å². The Morgan fingerprint density at radius 3 is 2.00 bits per heavy atom. The fourth-order valence-electron chi connectivity index (χ4n) is 2.97. The van der Waals surface area contributed by atoms with Gasteiger partial charge in [-0.05, 0) is 30.3 Å². The zero-order chi connectivity index (χ0) is 17.1. The summed E-state index contributed by atoms with van der Waals surface area (Å²) in [5.41, 5.74) is 4.90. The number of nitriles is 1. The number of fused-ring (bicyclic) bond motifs is 1. The quantitative estimate of drug-likeness (QED) is 0.528. The SMILES string of the molecule is N#Cc1c2cccccc-2n(-c2ccccc2)c1=Nc1ccccc1. The fourth-order valence-corrected chi connectivity index (χ4v) is 2.97. The lowest BCUT2D eigenvalue weighted by molar-refractivity contribution is 0.993. The van der Waals surface area contributed by atoms with E-state index in [1.165, 1.54) is 0 Å². The molecule has 4 rings (SSSR count). The first-order chi connectivity index (χ1) is 12.4. The Balaban J connectivity index is 2.15. The van der Waals surface area contributed by atoms with Crippen molar-refractivity contribution in [1.29, 1.82) is 5.26 Å². The number of rotatable bonds is 2. The van der Waals surface area contributed by atoms with Gasteiger partial charge in [0.2, 0.25) is 0 Å². The van der Waals surface area contributed by atoms with Gasteiger partial charge in [0.1, 0.15) is 11.6 Å². The van der Waals surface area contributed by atoms with E-state index in [1.54, 1.807) is 0 Å². The second-order valence-corrected chi connectivity index (χ2v) is 5.64. The van der Waals surface area contributed by atoms with Gasteiger partial charge in [-0.2, -0.15) is 5.26 Å². The Morgan fingerprint density at radius 2 is 1.32 bits per heavy atom. The molecule has 1 heterocycles. The molecule has 118 valence electrons. The smallest absolute Gasteiger partial charge is 0.156 e. The highest BCUT2D eigenvalue weighted by molar-refractivity contribution is 5.72. The Bertz CT molecular complexity index is 1090. The second-order valence-electron chi connectivity index (χ2n) is 5.64. The van der Waals surface area contributed by atoms with E-state index in [0.29, 0.717) is 11.1 Å². The van der Waals surface area contributed by atoms with Crippen molar-refractivity contribution in [3.63, 3.8) is 0 Å². The lowest BCUT2D eigenvalue weighted by Gasteiger charge is -2.07. The molecule has 0 amide bonds. The molecule has 0 fully saturated rings. The fraction of sp³-hybridized carbons (Fsp3) is 0. The van der Waals surface area contributed by atoms with Crippen LogP contribution in [0.5, 0.6) is 0 Å². The van der Waals surface area contributed by atoms with Gasteiger partial charge in [-0.15, -0.1) is 0 Å². The number of hydrogen-bond donors (Lipinski definition) is 0. The van der Waals surface area contributed by atoms with Crippen molar-refractivity contribution >= 4 is 5.69 Å². The number of hydrogen-bond acceptors (Lipinski definition) is 2. The van der Waals surface area contributed by atoms with Crippen LogP contribution < -0.4 is 5.49 Å². The number of aromatic nitrogens is 1. The van der Waals surface area contributed by atoms with Gasteiger partial charge < -0.3 is 0 Å². The van der Waals surface area contributed by atoms with E-state index in [-0.39, 0.29) is 0 Å². The van der Waals surface area contributed by atoms with Crippen molar-refractivity contribution in [2.24, 2.45) is 4.99 Å². The molecule has 1 aliphatic carbocycles. The number of nitrogens with zero attached hydrogens (tertiary/aromatic N) is 3. The molecule has 0 saturated carbocycles.